The van der Waals surface area contributed by atoms with E-state index in [1.54, 1.807) is 6.92 Å². The number of rotatable bonds is 4. The molecule has 0 bridgehead atoms. The van der Waals surface area contributed by atoms with Crippen molar-refractivity contribution in [1.82, 2.24) is 10.6 Å². The van der Waals surface area contributed by atoms with Crippen molar-refractivity contribution in [3.63, 3.8) is 0 Å². The lowest BCUT2D eigenvalue weighted by molar-refractivity contribution is -0.146. The largest absolute Gasteiger partial charge is 0.481 e. The topological polar surface area (TPSA) is 95.5 Å². The summed E-state index contributed by atoms with van der Waals surface area (Å²) in [6.45, 7) is 9.13. The molecule has 1 aliphatic carbocycles. The molecule has 0 aromatic carbocycles. The van der Waals surface area contributed by atoms with E-state index in [9.17, 15) is 19.5 Å². The van der Waals surface area contributed by atoms with Gasteiger partial charge in [-0.05, 0) is 46.5 Å². The molecule has 4 unspecified atom stereocenters. The third kappa shape index (κ3) is 5.02. The number of carbonyl (C=O) groups is 3. The second-order valence-electron chi connectivity index (χ2n) is 7.10. The molecule has 0 saturated heterocycles. The van der Waals surface area contributed by atoms with Gasteiger partial charge in [-0.3, -0.25) is 14.4 Å². The van der Waals surface area contributed by atoms with E-state index in [-0.39, 0.29) is 23.3 Å². The monoisotopic (exact) mass is 298 g/mol. The van der Waals surface area contributed by atoms with E-state index in [0.29, 0.717) is 12.8 Å². The van der Waals surface area contributed by atoms with Gasteiger partial charge in [-0.15, -0.1) is 0 Å². The predicted molar refractivity (Wildman–Crippen MR) is 78.5 cm³/mol. The number of carboxylic acid groups (broad SMARTS) is 1. The summed E-state index contributed by atoms with van der Waals surface area (Å²) in [5.74, 6) is -2.55. The average molecular weight is 298 g/mol. The van der Waals surface area contributed by atoms with Crippen molar-refractivity contribution >= 4 is 17.8 Å². The molecule has 6 heteroatoms. The van der Waals surface area contributed by atoms with E-state index in [4.69, 9.17) is 0 Å². The van der Waals surface area contributed by atoms with Crippen LogP contribution in [-0.4, -0.2) is 34.5 Å². The molecular formula is C15H26N2O4. The van der Waals surface area contributed by atoms with Gasteiger partial charge in [-0.2, -0.15) is 0 Å². The summed E-state index contributed by atoms with van der Waals surface area (Å²) >= 11 is 0. The van der Waals surface area contributed by atoms with Crippen molar-refractivity contribution in [2.45, 2.75) is 59.0 Å². The second-order valence-corrected chi connectivity index (χ2v) is 7.10. The first-order valence-corrected chi connectivity index (χ1v) is 7.36. The summed E-state index contributed by atoms with van der Waals surface area (Å²) in [6.07, 6.45) is 1.06. The highest BCUT2D eigenvalue weighted by Crippen LogP contribution is 2.36. The Labute approximate surface area is 125 Å². The van der Waals surface area contributed by atoms with E-state index in [0.717, 1.165) is 0 Å². The smallest absolute Gasteiger partial charge is 0.307 e. The SMILES string of the molecule is CC1CC(C(=O)O)C(C(=O)NC(C)C(=O)NC(C)(C)C)C1. The lowest BCUT2D eigenvalue weighted by atomic mass is 9.95. The van der Waals surface area contributed by atoms with E-state index in [1.807, 2.05) is 27.7 Å². The van der Waals surface area contributed by atoms with Gasteiger partial charge in [0.05, 0.1) is 11.8 Å². The van der Waals surface area contributed by atoms with Crippen molar-refractivity contribution in [2.75, 3.05) is 0 Å². The lowest BCUT2D eigenvalue weighted by Crippen LogP contribution is -2.52. The van der Waals surface area contributed by atoms with E-state index >= 15 is 0 Å². The van der Waals surface area contributed by atoms with Crippen LogP contribution < -0.4 is 10.6 Å². The summed E-state index contributed by atoms with van der Waals surface area (Å²) in [4.78, 5) is 35.4. The third-order valence-corrected chi connectivity index (χ3v) is 3.70. The van der Waals surface area contributed by atoms with Gasteiger partial charge in [0.25, 0.3) is 0 Å². The predicted octanol–water partition coefficient (Wildman–Crippen LogP) is 1.15. The summed E-state index contributed by atoms with van der Waals surface area (Å²) in [5.41, 5.74) is -0.373. The Morgan fingerprint density at radius 1 is 1.14 bits per heavy atom. The molecule has 0 spiro atoms. The first kappa shape index (κ1) is 17.5. The highest BCUT2D eigenvalue weighted by Gasteiger charge is 2.41. The summed E-state index contributed by atoms with van der Waals surface area (Å²) in [6, 6.07) is -0.679. The number of amides is 2. The quantitative estimate of drug-likeness (QED) is 0.725. The van der Waals surface area contributed by atoms with Gasteiger partial charge in [-0.25, -0.2) is 0 Å². The second kappa shape index (κ2) is 6.45. The van der Waals surface area contributed by atoms with Crippen LogP contribution in [0.2, 0.25) is 0 Å². The Morgan fingerprint density at radius 2 is 1.67 bits per heavy atom. The zero-order valence-electron chi connectivity index (χ0n) is 13.4. The average Bonchev–Trinajstić information content (AvgIpc) is 2.69. The fraction of sp³-hybridized carbons (Fsp3) is 0.800. The fourth-order valence-corrected chi connectivity index (χ4v) is 2.72. The number of hydrogen-bond donors (Lipinski definition) is 3. The van der Waals surface area contributed by atoms with Gasteiger partial charge in [0.2, 0.25) is 11.8 Å². The van der Waals surface area contributed by atoms with E-state index in [1.165, 1.54) is 0 Å². The van der Waals surface area contributed by atoms with Gasteiger partial charge in [-0.1, -0.05) is 6.92 Å². The molecule has 6 nitrogen and oxygen atoms in total. The highest BCUT2D eigenvalue weighted by molar-refractivity contribution is 5.90. The Morgan fingerprint density at radius 3 is 2.14 bits per heavy atom. The van der Waals surface area contributed by atoms with Crippen molar-refractivity contribution in [2.24, 2.45) is 17.8 Å². The van der Waals surface area contributed by atoms with Gasteiger partial charge in [0.1, 0.15) is 6.04 Å². The molecule has 21 heavy (non-hydrogen) atoms. The van der Waals surface area contributed by atoms with Crippen molar-refractivity contribution < 1.29 is 19.5 Å². The Bertz CT molecular complexity index is 428. The van der Waals surface area contributed by atoms with Crippen molar-refractivity contribution in [3.05, 3.63) is 0 Å². The van der Waals surface area contributed by atoms with Crippen LogP contribution in [0.1, 0.15) is 47.5 Å². The van der Waals surface area contributed by atoms with E-state index < -0.39 is 23.8 Å². The molecule has 0 aliphatic heterocycles. The minimum absolute atomic E-state index is 0.209. The van der Waals surface area contributed by atoms with Gasteiger partial charge in [0.15, 0.2) is 0 Å². The minimum Gasteiger partial charge on any atom is -0.481 e. The van der Waals surface area contributed by atoms with E-state index in [2.05, 4.69) is 10.6 Å². The Kier molecular flexibility index (Phi) is 5.36. The van der Waals surface area contributed by atoms with Crippen molar-refractivity contribution in [3.8, 4) is 0 Å². The van der Waals surface area contributed by atoms with Gasteiger partial charge < -0.3 is 15.7 Å². The molecule has 0 aromatic rings. The molecule has 0 radical (unpaired) electrons. The number of hydrogen-bond acceptors (Lipinski definition) is 3. The third-order valence-electron chi connectivity index (χ3n) is 3.70. The maximum Gasteiger partial charge on any atom is 0.307 e. The minimum atomic E-state index is -0.939. The summed E-state index contributed by atoms with van der Waals surface area (Å²) in [7, 11) is 0. The molecule has 0 heterocycles. The van der Waals surface area contributed by atoms with Crippen LogP contribution >= 0.6 is 0 Å². The normalized spacial score (nSPS) is 27.0. The van der Waals surface area contributed by atoms with Crippen molar-refractivity contribution in [1.29, 1.82) is 0 Å². The zero-order chi connectivity index (χ0) is 16.4. The molecule has 4 atom stereocenters. The standard InChI is InChI=1S/C15H26N2O4/c1-8-6-10(11(7-8)14(20)21)13(19)16-9(2)12(18)17-15(3,4)5/h8-11H,6-7H2,1-5H3,(H,16,19)(H,17,18)(H,20,21). The first-order chi connectivity index (χ1) is 9.51. The molecule has 0 aromatic heterocycles. The van der Waals surface area contributed by atoms with Crippen LogP contribution in [0.15, 0.2) is 0 Å². The van der Waals surface area contributed by atoms with Crippen LogP contribution in [0.25, 0.3) is 0 Å². The van der Waals surface area contributed by atoms with Gasteiger partial charge >= 0.3 is 5.97 Å². The van der Waals surface area contributed by atoms with Crippen LogP contribution in [0.3, 0.4) is 0 Å². The molecule has 1 aliphatic rings. The maximum absolute atomic E-state index is 12.2. The molecule has 3 N–H and O–H groups in total. The number of nitrogens with one attached hydrogen (secondary N) is 2. The fourth-order valence-electron chi connectivity index (χ4n) is 2.72. The van der Waals surface area contributed by atoms with Crippen LogP contribution in [0, 0.1) is 17.8 Å². The Hall–Kier alpha value is -1.59. The summed E-state index contributed by atoms with van der Waals surface area (Å²) in [5, 5.41) is 14.6. The zero-order valence-corrected chi connectivity index (χ0v) is 13.4. The first-order valence-electron chi connectivity index (χ1n) is 7.36. The maximum atomic E-state index is 12.2. The molecule has 1 fully saturated rings. The molecule has 1 saturated carbocycles. The number of aliphatic carboxylic acids is 1. The van der Waals surface area contributed by atoms with Crippen LogP contribution in [0.5, 0.6) is 0 Å². The highest BCUT2D eigenvalue weighted by atomic mass is 16.4. The Balaban J connectivity index is 2.63. The summed E-state index contributed by atoms with van der Waals surface area (Å²) < 4.78 is 0. The molecule has 2 amide bonds. The molecular weight excluding hydrogens is 272 g/mol. The van der Waals surface area contributed by atoms with Crippen LogP contribution in [0.4, 0.5) is 0 Å². The number of carboxylic acids is 1. The van der Waals surface area contributed by atoms with Crippen LogP contribution in [-0.2, 0) is 14.4 Å². The molecule has 1 rings (SSSR count). The molecule has 120 valence electrons. The number of carbonyl (C=O) groups excluding carboxylic acids is 2. The van der Waals surface area contributed by atoms with Gasteiger partial charge in [0, 0.05) is 5.54 Å². The lowest BCUT2D eigenvalue weighted by Gasteiger charge is -2.25.